The molecule has 100 valence electrons. The highest BCUT2D eigenvalue weighted by Gasteiger charge is 2.15. The summed E-state index contributed by atoms with van der Waals surface area (Å²) in [5.41, 5.74) is 1.07. The van der Waals surface area contributed by atoms with Crippen LogP contribution < -0.4 is 5.32 Å². The Hall–Kier alpha value is -1.94. The molecule has 1 heterocycles. The van der Waals surface area contributed by atoms with E-state index in [1.165, 1.54) is 6.07 Å². The molecule has 2 unspecified atom stereocenters. The van der Waals surface area contributed by atoms with Crippen LogP contribution in [0.2, 0.25) is 0 Å². The Labute approximate surface area is 112 Å². The number of aromatic nitrogens is 1. The summed E-state index contributed by atoms with van der Waals surface area (Å²) in [6, 6.07) is 14.1. The van der Waals surface area contributed by atoms with Crippen LogP contribution in [0.15, 0.2) is 48.5 Å². The molecule has 2 N–H and O–H groups in total. The minimum atomic E-state index is -0.563. The van der Waals surface area contributed by atoms with Crippen LogP contribution in [0.4, 0.5) is 10.2 Å². The second-order valence-corrected chi connectivity index (χ2v) is 4.54. The molecule has 0 aliphatic rings. The molecule has 2 atom stereocenters. The molecular weight excluding hydrogens is 243 g/mol. The second kappa shape index (κ2) is 6.29. The lowest BCUT2D eigenvalue weighted by atomic mass is 10.0. The molecule has 0 aliphatic heterocycles. The summed E-state index contributed by atoms with van der Waals surface area (Å²) in [6.45, 7) is 1.85. The molecule has 2 rings (SSSR count). The number of anilines is 1. The molecule has 0 amide bonds. The minimum Gasteiger partial charge on any atom is -0.391 e. The molecule has 3 nitrogen and oxygen atoms in total. The standard InChI is InChI=1S/C15H17FN2O/c1-11(17-15-9-5-8-14(16)18-15)13(19)10-12-6-3-2-4-7-12/h2-9,11,13,19H,10H2,1H3,(H,17,18). The topological polar surface area (TPSA) is 45.2 Å². The number of hydrogen-bond donors (Lipinski definition) is 2. The third-order valence-electron chi connectivity index (χ3n) is 2.96. The van der Waals surface area contributed by atoms with Crippen LogP contribution in [0.25, 0.3) is 0 Å². The van der Waals surface area contributed by atoms with Crippen LogP contribution in [-0.4, -0.2) is 22.2 Å². The smallest absolute Gasteiger partial charge is 0.214 e. The molecule has 0 bridgehead atoms. The van der Waals surface area contributed by atoms with Gasteiger partial charge in [0.2, 0.25) is 5.95 Å². The quantitative estimate of drug-likeness (QED) is 0.812. The molecule has 0 radical (unpaired) electrons. The molecule has 19 heavy (non-hydrogen) atoms. The van der Waals surface area contributed by atoms with E-state index in [-0.39, 0.29) is 6.04 Å². The van der Waals surface area contributed by atoms with Gasteiger partial charge in [-0.05, 0) is 24.6 Å². The van der Waals surface area contributed by atoms with Gasteiger partial charge in [0.25, 0.3) is 0 Å². The van der Waals surface area contributed by atoms with E-state index in [2.05, 4.69) is 10.3 Å². The van der Waals surface area contributed by atoms with Gasteiger partial charge in [0.15, 0.2) is 0 Å². The van der Waals surface area contributed by atoms with Crippen LogP contribution >= 0.6 is 0 Å². The van der Waals surface area contributed by atoms with Gasteiger partial charge in [-0.25, -0.2) is 4.98 Å². The molecule has 0 spiro atoms. The molecule has 1 aromatic heterocycles. The van der Waals surface area contributed by atoms with Gasteiger partial charge < -0.3 is 10.4 Å². The van der Waals surface area contributed by atoms with E-state index < -0.39 is 12.1 Å². The first-order valence-electron chi connectivity index (χ1n) is 6.26. The first-order valence-corrected chi connectivity index (χ1v) is 6.26. The lowest BCUT2D eigenvalue weighted by molar-refractivity contribution is 0.158. The summed E-state index contributed by atoms with van der Waals surface area (Å²) in [7, 11) is 0. The fourth-order valence-electron chi connectivity index (χ4n) is 1.85. The highest BCUT2D eigenvalue weighted by molar-refractivity contribution is 5.35. The van der Waals surface area contributed by atoms with E-state index in [4.69, 9.17) is 0 Å². The molecular formula is C15H17FN2O. The van der Waals surface area contributed by atoms with Gasteiger partial charge in [0.05, 0.1) is 12.1 Å². The summed E-state index contributed by atoms with van der Waals surface area (Å²) in [5.74, 6) is -0.102. The third-order valence-corrected chi connectivity index (χ3v) is 2.96. The summed E-state index contributed by atoms with van der Waals surface area (Å²) in [5, 5.41) is 13.1. The fourth-order valence-corrected chi connectivity index (χ4v) is 1.85. The molecule has 0 saturated heterocycles. The normalized spacial score (nSPS) is 13.8. The van der Waals surface area contributed by atoms with Crippen molar-refractivity contribution < 1.29 is 9.50 Å². The Morgan fingerprint density at radius 3 is 2.58 bits per heavy atom. The van der Waals surface area contributed by atoms with Gasteiger partial charge in [0.1, 0.15) is 5.82 Å². The number of hydrogen-bond acceptors (Lipinski definition) is 3. The van der Waals surface area contributed by atoms with Crippen molar-refractivity contribution in [1.29, 1.82) is 0 Å². The van der Waals surface area contributed by atoms with Gasteiger partial charge >= 0.3 is 0 Å². The van der Waals surface area contributed by atoms with E-state index in [0.717, 1.165) is 5.56 Å². The lowest BCUT2D eigenvalue weighted by Crippen LogP contribution is -2.32. The van der Waals surface area contributed by atoms with Crippen LogP contribution in [0, 0.1) is 5.95 Å². The van der Waals surface area contributed by atoms with E-state index in [1.807, 2.05) is 37.3 Å². The molecule has 0 saturated carbocycles. The Bertz CT molecular complexity index is 519. The number of halogens is 1. The zero-order valence-electron chi connectivity index (χ0n) is 10.8. The Kier molecular flexibility index (Phi) is 4.47. The van der Waals surface area contributed by atoms with E-state index in [1.54, 1.807) is 12.1 Å². The first-order chi connectivity index (χ1) is 9.15. The maximum absolute atomic E-state index is 13.0. The molecule has 4 heteroatoms. The van der Waals surface area contributed by atoms with Crippen molar-refractivity contribution in [2.45, 2.75) is 25.5 Å². The largest absolute Gasteiger partial charge is 0.391 e. The number of rotatable bonds is 5. The average molecular weight is 260 g/mol. The number of nitrogens with one attached hydrogen (secondary N) is 1. The van der Waals surface area contributed by atoms with Gasteiger partial charge in [-0.3, -0.25) is 0 Å². The van der Waals surface area contributed by atoms with Gasteiger partial charge in [-0.2, -0.15) is 4.39 Å². The highest BCUT2D eigenvalue weighted by Crippen LogP contribution is 2.11. The summed E-state index contributed by atoms with van der Waals surface area (Å²) in [4.78, 5) is 3.71. The Morgan fingerprint density at radius 1 is 1.16 bits per heavy atom. The number of benzene rings is 1. The molecule has 2 aromatic rings. The number of aliphatic hydroxyl groups is 1. The average Bonchev–Trinajstić information content (AvgIpc) is 2.40. The maximum Gasteiger partial charge on any atom is 0.214 e. The van der Waals surface area contributed by atoms with Crippen molar-refractivity contribution in [2.24, 2.45) is 0 Å². The van der Waals surface area contributed by atoms with E-state index >= 15 is 0 Å². The zero-order valence-corrected chi connectivity index (χ0v) is 10.8. The summed E-state index contributed by atoms with van der Waals surface area (Å²) < 4.78 is 13.0. The van der Waals surface area contributed by atoms with Gasteiger partial charge in [-0.1, -0.05) is 36.4 Å². The predicted octanol–water partition coefficient (Wildman–Crippen LogP) is 2.62. The van der Waals surface area contributed by atoms with E-state index in [0.29, 0.717) is 12.2 Å². The molecule has 1 aromatic carbocycles. The predicted molar refractivity (Wildman–Crippen MR) is 73.4 cm³/mol. The van der Waals surface area contributed by atoms with Gasteiger partial charge in [0, 0.05) is 6.42 Å². The molecule has 0 aliphatic carbocycles. The number of aliphatic hydroxyl groups excluding tert-OH is 1. The fraction of sp³-hybridized carbons (Fsp3) is 0.267. The first kappa shape index (κ1) is 13.5. The zero-order chi connectivity index (χ0) is 13.7. The van der Waals surface area contributed by atoms with Crippen LogP contribution in [-0.2, 0) is 6.42 Å². The van der Waals surface area contributed by atoms with Crippen molar-refractivity contribution in [3.8, 4) is 0 Å². The number of nitrogens with zero attached hydrogens (tertiary/aromatic N) is 1. The van der Waals surface area contributed by atoms with Crippen molar-refractivity contribution >= 4 is 5.82 Å². The summed E-state index contributed by atoms with van der Waals surface area (Å²) in [6.07, 6.45) is -0.0166. The van der Waals surface area contributed by atoms with Crippen LogP contribution in [0.3, 0.4) is 0 Å². The Balaban J connectivity index is 1.94. The van der Waals surface area contributed by atoms with Crippen molar-refractivity contribution in [3.05, 3.63) is 60.0 Å². The van der Waals surface area contributed by atoms with Crippen LogP contribution in [0.5, 0.6) is 0 Å². The van der Waals surface area contributed by atoms with Gasteiger partial charge in [-0.15, -0.1) is 0 Å². The monoisotopic (exact) mass is 260 g/mol. The minimum absolute atomic E-state index is 0.213. The van der Waals surface area contributed by atoms with Crippen molar-refractivity contribution in [3.63, 3.8) is 0 Å². The lowest BCUT2D eigenvalue weighted by Gasteiger charge is -2.20. The molecule has 0 fully saturated rings. The summed E-state index contributed by atoms with van der Waals surface area (Å²) >= 11 is 0. The van der Waals surface area contributed by atoms with Crippen molar-refractivity contribution in [1.82, 2.24) is 4.98 Å². The second-order valence-electron chi connectivity index (χ2n) is 4.54. The van der Waals surface area contributed by atoms with Crippen molar-refractivity contribution in [2.75, 3.05) is 5.32 Å². The SMILES string of the molecule is CC(Nc1cccc(F)n1)C(O)Cc1ccccc1. The highest BCUT2D eigenvalue weighted by atomic mass is 19.1. The number of pyridine rings is 1. The van der Waals surface area contributed by atoms with Crippen LogP contribution in [0.1, 0.15) is 12.5 Å². The van der Waals surface area contributed by atoms with E-state index in [9.17, 15) is 9.50 Å². The third kappa shape index (κ3) is 4.03. The maximum atomic E-state index is 13.0. The Morgan fingerprint density at radius 2 is 1.89 bits per heavy atom.